The molecule has 0 bridgehead atoms. The largest absolute Gasteiger partial charge is 0.419 e. The standard InChI is InChI=1S/C33H34ClN5O6/c1-19(2)29(25-17-24-28(34)21(4)36-39(24)33(43)38(25)18-22-9-6-5-7-10-22)37(16-8-15-35)32(42)23-12-11-20(3)30-31(23)45-27(41)14-13-26(40)44-30/h5-7,9-14,17,19,29H,8,15-16,18,35H2,1-4H3/b14-13+/t29-/m1/s1. The van der Waals surface area contributed by atoms with Crippen molar-refractivity contribution in [2.75, 3.05) is 13.1 Å². The first-order valence-corrected chi connectivity index (χ1v) is 15.0. The fraction of sp³-hybridized carbons (Fsp3) is 0.303. The Balaban J connectivity index is 1.73. The van der Waals surface area contributed by atoms with Gasteiger partial charge in [-0.25, -0.2) is 14.4 Å². The van der Waals surface area contributed by atoms with Crippen molar-refractivity contribution >= 4 is 35.0 Å². The van der Waals surface area contributed by atoms with E-state index in [0.717, 1.165) is 17.7 Å². The summed E-state index contributed by atoms with van der Waals surface area (Å²) in [4.78, 5) is 55.2. The van der Waals surface area contributed by atoms with E-state index in [0.29, 0.717) is 40.5 Å². The molecule has 2 aromatic heterocycles. The molecule has 0 saturated carbocycles. The van der Waals surface area contributed by atoms with Crippen LogP contribution in [0.1, 0.15) is 59.2 Å². The van der Waals surface area contributed by atoms with Crippen LogP contribution in [0.25, 0.3) is 5.52 Å². The quantitative estimate of drug-likeness (QED) is 0.212. The Bertz CT molecular complexity index is 1880. The molecule has 2 aromatic carbocycles. The van der Waals surface area contributed by atoms with Crippen LogP contribution < -0.4 is 20.9 Å². The first-order valence-electron chi connectivity index (χ1n) is 14.6. The highest BCUT2D eigenvalue weighted by atomic mass is 35.5. The van der Waals surface area contributed by atoms with E-state index in [1.807, 2.05) is 44.2 Å². The van der Waals surface area contributed by atoms with E-state index in [4.69, 9.17) is 26.8 Å². The highest BCUT2D eigenvalue weighted by Crippen LogP contribution is 2.39. The Hall–Kier alpha value is -4.74. The van der Waals surface area contributed by atoms with Gasteiger partial charge in [0.2, 0.25) is 0 Å². The van der Waals surface area contributed by atoms with Gasteiger partial charge in [0.15, 0.2) is 11.5 Å². The lowest BCUT2D eigenvalue weighted by molar-refractivity contribution is -0.133. The Morgan fingerprint density at radius 3 is 2.31 bits per heavy atom. The van der Waals surface area contributed by atoms with Crippen molar-refractivity contribution < 1.29 is 23.9 Å². The minimum Gasteiger partial charge on any atom is -0.419 e. The number of hydrogen-bond acceptors (Lipinski definition) is 8. The SMILES string of the molecule is Cc1ccc(C(=O)N(CCCN)[C@@H](c2cc3c(Cl)c(C)nn3c(=O)n2Cc2ccccc2)C(C)C)c2c1OC(=O)/C=C/C(=O)O2. The van der Waals surface area contributed by atoms with E-state index in [-0.39, 0.29) is 36.1 Å². The normalized spacial score (nSPS) is 14.4. The Morgan fingerprint density at radius 2 is 1.67 bits per heavy atom. The molecule has 234 valence electrons. The van der Waals surface area contributed by atoms with Crippen molar-refractivity contribution in [3.8, 4) is 11.5 Å². The number of benzene rings is 2. The summed E-state index contributed by atoms with van der Waals surface area (Å²) in [5, 5.41) is 4.72. The first-order chi connectivity index (χ1) is 21.5. The molecule has 11 nitrogen and oxygen atoms in total. The number of carbonyl (C=O) groups is 3. The van der Waals surface area contributed by atoms with E-state index in [1.165, 1.54) is 10.6 Å². The lowest BCUT2D eigenvalue weighted by Crippen LogP contribution is -2.42. The molecule has 1 aliphatic heterocycles. The number of ether oxygens (including phenoxy) is 2. The molecule has 2 N–H and O–H groups in total. The third kappa shape index (κ3) is 6.27. The Kier molecular flexibility index (Phi) is 9.21. The minimum atomic E-state index is -0.825. The second-order valence-electron chi connectivity index (χ2n) is 11.2. The third-order valence-corrected chi connectivity index (χ3v) is 8.11. The number of nitrogens with two attached hydrogens (primary N) is 1. The van der Waals surface area contributed by atoms with Gasteiger partial charge in [-0.3, -0.25) is 9.36 Å². The summed E-state index contributed by atoms with van der Waals surface area (Å²) >= 11 is 6.63. The van der Waals surface area contributed by atoms with Gasteiger partial charge >= 0.3 is 17.6 Å². The highest BCUT2D eigenvalue weighted by molar-refractivity contribution is 6.34. The van der Waals surface area contributed by atoms with Crippen LogP contribution >= 0.6 is 11.6 Å². The van der Waals surface area contributed by atoms with Gasteiger partial charge in [-0.2, -0.15) is 9.61 Å². The number of hydrogen-bond donors (Lipinski definition) is 1. The van der Waals surface area contributed by atoms with Crippen LogP contribution in [-0.4, -0.2) is 50.0 Å². The molecule has 1 atom stereocenters. The van der Waals surface area contributed by atoms with Gasteiger partial charge in [0.25, 0.3) is 5.91 Å². The Morgan fingerprint density at radius 1 is 1.00 bits per heavy atom. The molecule has 0 saturated heterocycles. The van der Waals surface area contributed by atoms with Crippen molar-refractivity contribution in [2.45, 2.75) is 46.7 Å². The summed E-state index contributed by atoms with van der Waals surface area (Å²) in [6.07, 6.45) is 2.35. The number of fused-ring (bicyclic) bond motifs is 2. The van der Waals surface area contributed by atoms with Gasteiger partial charge in [-0.1, -0.05) is 61.8 Å². The maximum Gasteiger partial charge on any atom is 0.349 e. The van der Waals surface area contributed by atoms with Gasteiger partial charge in [-0.05, 0) is 56.0 Å². The van der Waals surface area contributed by atoms with E-state index in [9.17, 15) is 19.2 Å². The number of carbonyl (C=O) groups excluding carboxylic acids is 3. The average Bonchev–Trinajstić information content (AvgIpc) is 3.29. The van der Waals surface area contributed by atoms with Gasteiger partial charge in [0.05, 0.1) is 34.4 Å². The number of aromatic nitrogens is 3. The number of amides is 1. The highest BCUT2D eigenvalue weighted by Gasteiger charge is 2.35. The molecule has 0 unspecified atom stereocenters. The molecule has 0 fully saturated rings. The van der Waals surface area contributed by atoms with Crippen molar-refractivity contribution in [2.24, 2.45) is 11.7 Å². The number of rotatable bonds is 9. The zero-order chi connectivity index (χ0) is 32.4. The van der Waals surface area contributed by atoms with Crippen LogP contribution in [0.2, 0.25) is 5.02 Å². The molecule has 45 heavy (non-hydrogen) atoms. The first kappa shape index (κ1) is 31.7. The lowest BCUT2D eigenvalue weighted by Gasteiger charge is -2.36. The molecule has 5 rings (SSSR count). The van der Waals surface area contributed by atoms with Crippen LogP contribution in [0, 0.1) is 19.8 Å². The second kappa shape index (κ2) is 13.1. The van der Waals surface area contributed by atoms with E-state index < -0.39 is 29.6 Å². The molecular formula is C33H34ClN5O6. The molecule has 4 aromatic rings. The topological polar surface area (TPSA) is 138 Å². The number of halogens is 1. The summed E-state index contributed by atoms with van der Waals surface area (Å²) in [5.74, 6) is -2.49. The van der Waals surface area contributed by atoms with Crippen molar-refractivity contribution in [1.82, 2.24) is 19.1 Å². The van der Waals surface area contributed by atoms with E-state index in [2.05, 4.69) is 5.10 Å². The van der Waals surface area contributed by atoms with E-state index >= 15 is 0 Å². The minimum absolute atomic E-state index is 0.0194. The summed E-state index contributed by atoms with van der Waals surface area (Å²) in [7, 11) is 0. The summed E-state index contributed by atoms with van der Waals surface area (Å²) < 4.78 is 13.9. The zero-order valence-electron chi connectivity index (χ0n) is 25.5. The van der Waals surface area contributed by atoms with Crippen LogP contribution in [0.15, 0.2) is 65.5 Å². The molecule has 12 heteroatoms. The molecular weight excluding hydrogens is 598 g/mol. The maximum atomic E-state index is 14.6. The average molecular weight is 632 g/mol. The van der Waals surface area contributed by atoms with Gasteiger partial charge in [0, 0.05) is 24.4 Å². The molecule has 0 radical (unpaired) electrons. The van der Waals surface area contributed by atoms with Crippen molar-refractivity contribution in [3.05, 3.63) is 104 Å². The zero-order valence-corrected chi connectivity index (χ0v) is 26.2. The van der Waals surface area contributed by atoms with E-state index in [1.54, 1.807) is 35.4 Å². The van der Waals surface area contributed by atoms with Crippen LogP contribution in [0.4, 0.5) is 0 Å². The van der Waals surface area contributed by atoms with Crippen LogP contribution in [0.3, 0.4) is 0 Å². The summed E-state index contributed by atoms with van der Waals surface area (Å²) in [6.45, 7) is 8.02. The molecule has 3 heterocycles. The molecule has 0 spiro atoms. The van der Waals surface area contributed by atoms with Gasteiger partial charge < -0.3 is 20.1 Å². The fourth-order valence-electron chi connectivity index (χ4n) is 5.52. The van der Waals surface area contributed by atoms with Crippen molar-refractivity contribution in [3.63, 3.8) is 0 Å². The third-order valence-electron chi connectivity index (χ3n) is 7.65. The molecule has 0 aliphatic carbocycles. The molecule has 1 amide bonds. The van der Waals surface area contributed by atoms with Gasteiger partial charge in [-0.15, -0.1) is 0 Å². The molecule has 1 aliphatic rings. The number of esters is 2. The van der Waals surface area contributed by atoms with Crippen molar-refractivity contribution in [1.29, 1.82) is 0 Å². The number of nitrogens with zero attached hydrogens (tertiary/aromatic N) is 4. The fourth-order valence-corrected chi connectivity index (χ4v) is 5.69. The van der Waals surface area contributed by atoms with Gasteiger partial charge in [0.1, 0.15) is 0 Å². The predicted octanol–water partition coefficient (Wildman–Crippen LogP) is 4.38. The van der Waals surface area contributed by atoms with Crippen LogP contribution in [0.5, 0.6) is 11.5 Å². The summed E-state index contributed by atoms with van der Waals surface area (Å²) in [5.41, 5.74) is 8.37. The van der Waals surface area contributed by atoms with Crippen LogP contribution in [-0.2, 0) is 16.1 Å². The smallest absolute Gasteiger partial charge is 0.349 e. The predicted molar refractivity (Wildman–Crippen MR) is 169 cm³/mol. The maximum absolute atomic E-state index is 14.6. The second-order valence-corrected chi connectivity index (χ2v) is 11.6. The number of aryl methyl sites for hydroxylation is 2. The lowest BCUT2D eigenvalue weighted by atomic mass is 9.95. The summed E-state index contributed by atoms with van der Waals surface area (Å²) in [6, 6.07) is 13.8. The monoisotopic (exact) mass is 631 g/mol. The Labute approximate surface area is 264 Å².